The van der Waals surface area contributed by atoms with Crippen molar-refractivity contribution in [2.45, 2.75) is 19.3 Å². The van der Waals surface area contributed by atoms with E-state index in [1.54, 1.807) is 0 Å². The minimum absolute atomic E-state index is 0.104. The minimum Gasteiger partial charge on any atom is -0.476 e. The summed E-state index contributed by atoms with van der Waals surface area (Å²) in [6, 6.07) is 0. The molecule has 0 aromatic carbocycles. The predicted octanol–water partition coefficient (Wildman–Crippen LogP) is -0.231. The van der Waals surface area contributed by atoms with E-state index in [4.69, 9.17) is 10.8 Å². The molecule has 58 valence electrons. The Bertz CT molecular complexity index is 133. The fraction of sp³-hybridized carbons (Fsp3) is 0.667. The molecule has 0 aromatic rings. The maximum atomic E-state index is 10.4. The number of rotatable bonds is 5. The van der Waals surface area contributed by atoms with Gasteiger partial charge in [-0.1, -0.05) is 0 Å². The summed E-state index contributed by atoms with van der Waals surface area (Å²) in [4.78, 5) is 20.3. The van der Waals surface area contributed by atoms with Crippen molar-refractivity contribution >= 4 is 11.8 Å². The van der Waals surface area contributed by atoms with E-state index in [-0.39, 0.29) is 6.42 Å². The van der Waals surface area contributed by atoms with Crippen LogP contribution in [0.3, 0.4) is 0 Å². The number of nitrogens with two attached hydrogens (primary N) is 1. The van der Waals surface area contributed by atoms with E-state index >= 15 is 0 Å². The molecule has 0 fully saturated rings. The molecule has 0 rings (SSSR count). The summed E-state index contributed by atoms with van der Waals surface area (Å²) in [5, 5.41) is 8.10. The van der Waals surface area contributed by atoms with Gasteiger partial charge in [0.15, 0.2) is 0 Å². The van der Waals surface area contributed by atoms with Gasteiger partial charge in [0, 0.05) is 6.42 Å². The summed E-state index contributed by atoms with van der Waals surface area (Å²) in [6.07, 6.45) is 1.38. The third-order valence-corrected chi connectivity index (χ3v) is 1.10. The van der Waals surface area contributed by atoms with Crippen molar-refractivity contribution < 1.29 is 14.7 Å². The minimum atomic E-state index is -1.35. The lowest BCUT2D eigenvalue weighted by Crippen LogP contribution is -2.12. The molecule has 0 saturated heterocycles. The van der Waals surface area contributed by atoms with Crippen molar-refractivity contribution in [3.05, 3.63) is 0 Å². The summed E-state index contributed by atoms with van der Waals surface area (Å²) >= 11 is 0. The van der Waals surface area contributed by atoms with E-state index in [9.17, 15) is 9.59 Å². The predicted molar refractivity (Wildman–Crippen MR) is 35.5 cm³/mol. The van der Waals surface area contributed by atoms with Gasteiger partial charge in [-0.2, -0.15) is 0 Å². The number of carboxylic acids is 1. The molecular formula is C6H11NO3. The zero-order valence-electron chi connectivity index (χ0n) is 5.67. The molecule has 0 amide bonds. The number of hydrogen-bond acceptors (Lipinski definition) is 3. The molecule has 0 radical (unpaired) electrons. The van der Waals surface area contributed by atoms with Crippen LogP contribution in [0.5, 0.6) is 0 Å². The molecule has 4 nitrogen and oxygen atoms in total. The summed E-state index contributed by atoms with van der Waals surface area (Å²) in [5.41, 5.74) is 5.13. The summed E-state index contributed by atoms with van der Waals surface area (Å²) in [5.74, 6) is -2.08. The highest BCUT2D eigenvalue weighted by Crippen LogP contribution is 1.94. The first-order chi connectivity index (χ1) is 4.68. The number of hydrogen-bond donors (Lipinski definition) is 2. The van der Waals surface area contributed by atoms with Gasteiger partial charge in [-0.25, -0.2) is 4.79 Å². The number of Topliss-reactive ketones (excluding diaryl/α,β-unsaturated/α-hetero) is 1. The van der Waals surface area contributed by atoms with E-state index in [1.807, 2.05) is 0 Å². The van der Waals surface area contributed by atoms with Gasteiger partial charge in [-0.05, 0) is 19.4 Å². The quantitative estimate of drug-likeness (QED) is 0.413. The monoisotopic (exact) mass is 145 g/mol. The van der Waals surface area contributed by atoms with E-state index in [2.05, 4.69) is 0 Å². The fourth-order valence-corrected chi connectivity index (χ4v) is 0.537. The summed E-state index contributed by atoms with van der Waals surface area (Å²) in [7, 11) is 0. The van der Waals surface area contributed by atoms with Crippen LogP contribution in [0.15, 0.2) is 0 Å². The van der Waals surface area contributed by atoms with E-state index in [0.717, 1.165) is 0 Å². The Morgan fingerprint density at radius 3 is 2.30 bits per heavy atom. The van der Waals surface area contributed by atoms with Crippen LogP contribution >= 0.6 is 0 Å². The summed E-state index contributed by atoms with van der Waals surface area (Å²) in [6.45, 7) is 0.507. The molecule has 0 aliphatic rings. The van der Waals surface area contributed by atoms with Gasteiger partial charge >= 0.3 is 5.97 Å². The van der Waals surface area contributed by atoms with Crippen molar-refractivity contribution in [1.29, 1.82) is 0 Å². The van der Waals surface area contributed by atoms with Crippen LogP contribution < -0.4 is 5.73 Å². The first kappa shape index (κ1) is 9.10. The number of aliphatic carboxylic acids is 1. The van der Waals surface area contributed by atoms with Crippen LogP contribution in [0.2, 0.25) is 0 Å². The van der Waals surface area contributed by atoms with Crippen LogP contribution in [0.25, 0.3) is 0 Å². The van der Waals surface area contributed by atoms with Crippen LogP contribution in [0.1, 0.15) is 19.3 Å². The second-order valence-electron chi connectivity index (χ2n) is 1.97. The fourth-order valence-electron chi connectivity index (χ4n) is 0.537. The zero-order chi connectivity index (χ0) is 7.98. The van der Waals surface area contributed by atoms with Crippen molar-refractivity contribution in [2.75, 3.05) is 6.54 Å². The van der Waals surface area contributed by atoms with Gasteiger partial charge in [0.2, 0.25) is 5.78 Å². The molecule has 3 N–H and O–H groups in total. The van der Waals surface area contributed by atoms with Crippen molar-refractivity contribution in [2.24, 2.45) is 5.73 Å². The smallest absolute Gasteiger partial charge is 0.372 e. The lowest BCUT2D eigenvalue weighted by molar-refractivity contribution is -0.149. The molecule has 0 unspecified atom stereocenters. The number of carboxylic acid groups (broad SMARTS) is 1. The molecule has 0 aromatic heterocycles. The average Bonchev–Trinajstić information content (AvgIpc) is 1.88. The Labute approximate surface area is 59.0 Å². The Morgan fingerprint density at radius 2 is 1.90 bits per heavy atom. The molecular weight excluding hydrogens is 134 g/mol. The highest BCUT2D eigenvalue weighted by atomic mass is 16.4. The molecule has 0 saturated carbocycles. The summed E-state index contributed by atoms with van der Waals surface area (Å²) < 4.78 is 0. The molecule has 0 atom stereocenters. The third kappa shape index (κ3) is 4.03. The number of unbranched alkanes of at least 4 members (excludes halogenated alkanes) is 1. The Kier molecular flexibility index (Phi) is 4.49. The zero-order valence-corrected chi connectivity index (χ0v) is 5.67. The average molecular weight is 145 g/mol. The first-order valence-electron chi connectivity index (χ1n) is 3.14. The maximum Gasteiger partial charge on any atom is 0.372 e. The van der Waals surface area contributed by atoms with Crippen LogP contribution in [-0.4, -0.2) is 23.4 Å². The van der Waals surface area contributed by atoms with Crippen molar-refractivity contribution in [3.8, 4) is 0 Å². The SMILES string of the molecule is NCCCCC(=O)C(=O)O. The number of ketones is 1. The molecule has 10 heavy (non-hydrogen) atoms. The topological polar surface area (TPSA) is 80.4 Å². The lowest BCUT2D eigenvalue weighted by Gasteiger charge is -1.92. The van der Waals surface area contributed by atoms with E-state index in [1.165, 1.54) is 0 Å². The van der Waals surface area contributed by atoms with Gasteiger partial charge < -0.3 is 10.8 Å². The van der Waals surface area contributed by atoms with Gasteiger partial charge in [-0.3, -0.25) is 4.79 Å². The van der Waals surface area contributed by atoms with Crippen LogP contribution in [-0.2, 0) is 9.59 Å². The Morgan fingerprint density at radius 1 is 1.30 bits per heavy atom. The van der Waals surface area contributed by atoms with Gasteiger partial charge in [-0.15, -0.1) is 0 Å². The van der Waals surface area contributed by atoms with Crippen molar-refractivity contribution in [3.63, 3.8) is 0 Å². The van der Waals surface area contributed by atoms with Gasteiger partial charge in [0.25, 0.3) is 0 Å². The normalized spacial score (nSPS) is 9.30. The Balaban J connectivity index is 3.31. The second kappa shape index (κ2) is 4.93. The molecule has 0 spiro atoms. The molecule has 0 aliphatic carbocycles. The van der Waals surface area contributed by atoms with E-state index < -0.39 is 11.8 Å². The molecule has 4 heteroatoms. The molecule has 0 aliphatic heterocycles. The van der Waals surface area contributed by atoms with Crippen molar-refractivity contribution in [1.82, 2.24) is 0 Å². The Hall–Kier alpha value is -0.900. The first-order valence-corrected chi connectivity index (χ1v) is 3.14. The molecule has 0 heterocycles. The maximum absolute atomic E-state index is 10.4. The molecule has 0 bridgehead atoms. The standard InChI is InChI=1S/C6H11NO3/c7-4-2-1-3-5(8)6(9)10/h1-4,7H2,(H,9,10). The van der Waals surface area contributed by atoms with Crippen LogP contribution in [0.4, 0.5) is 0 Å². The van der Waals surface area contributed by atoms with Crippen LogP contribution in [0, 0.1) is 0 Å². The van der Waals surface area contributed by atoms with Gasteiger partial charge in [0.1, 0.15) is 0 Å². The highest BCUT2D eigenvalue weighted by molar-refractivity contribution is 6.32. The third-order valence-electron chi connectivity index (χ3n) is 1.10. The lowest BCUT2D eigenvalue weighted by atomic mass is 10.2. The number of carbonyl (C=O) groups excluding carboxylic acids is 1. The highest BCUT2D eigenvalue weighted by Gasteiger charge is 2.08. The second-order valence-corrected chi connectivity index (χ2v) is 1.97. The van der Waals surface area contributed by atoms with Gasteiger partial charge in [0.05, 0.1) is 0 Å². The number of carbonyl (C=O) groups is 2. The largest absolute Gasteiger partial charge is 0.476 e. The van der Waals surface area contributed by atoms with E-state index in [0.29, 0.717) is 19.4 Å².